The highest BCUT2D eigenvalue weighted by Crippen LogP contribution is 2.26. The number of guanidine groups is 1. The number of rotatable bonds is 14. The second-order valence-electron chi connectivity index (χ2n) is 11.5. The summed E-state index contributed by atoms with van der Waals surface area (Å²) in [5.41, 5.74) is 17.2. The molecular formula is C30H49N9O6. The zero-order chi connectivity index (χ0) is 33.4. The first-order chi connectivity index (χ1) is 21.4. The molecule has 15 nitrogen and oxygen atoms in total. The van der Waals surface area contributed by atoms with Crippen LogP contribution in [0.1, 0.15) is 51.5 Å². The fraction of sp³-hybridized carbons (Fsp3) is 0.600. The summed E-state index contributed by atoms with van der Waals surface area (Å²) in [4.78, 5) is 64.6. The monoisotopic (exact) mass is 631 g/mol. The number of benzene rings is 1. The first-order valence-corrected chi connectivity index (χ1v) is 15.3. The van der Waals surface area contributed by atoms with Gasteiger partial charge >= 0.3 is 0 Å². The quantitative estimate of drug-likeness (QED) is 0.0663. The Balaban J connectivity index is 2.32. The minimum atomic E-state index is -1.08. The summed E-state index contributed by atoms with van der Waals surface area (Å²) in [6.45, 7) is 4.59. The predicted molar refractivity (Wildman–Crippen MR) is 169 cm³/mol. The molecular weight excluding hydrogens is 582 g/mol. The molecule has 2 aliphatic heterocycles. The number of nitrogens with two attached hydrogens (primary N) is 3. The predicted octanol–water partition coefficient (Wildman–Crippen LogP) is -1.41. The van der Waals surface area contributed by atoms with Gasteiger partial charge in [0.25, 0.3) is 0 Å². The lowest BCUT2D eigenvalue weighted by molar-refractivity contribution is -0.137. The average Bonchev–Trinajstić information content (AvgIpc) is 2.99. The van der Waals surface area contributed by atoms with E-state index in [-0.39, 0.29) is 50.3 Å². The SMILES string of the molecule is CC(C)C[C@H]1C(=O)N[C@H](C(=O)N[C@@H](CCCNC(=N)N)C(=O)NCCNC(=O)CN)Cc2ccc(cc2)OCCC[C@@H]1C(N)=O. The molecule has 3 rings (SSSR count). The van der Waals surface area contributed by atoms with Crippen molar-refractivity contribution < 1.29 is 28.7 Å². The van der Waals surface area contributed by atoms with Gasteiger partial charge in [-0.3, -0.25) is 29.4 Å². The van der Waals surface area contributed by atoms with Crippen molar-refractivity contribution in [2.45, 2.75) is 64.5 Å². The maximum Gasteiger partial charge on any atom is 0.243 e. The second kappa shape index (κ2) is 19.1. The van der Waals surface area contributed by atoms with E-state index in [2.05, 4.69) is 26.6 Å². The lowest BCUT2D eigenvalue weighted by atomic mass is 9.81. The molecule has 0 fully saturated rings. The molecule has 4 atom stereocenters. The summed E-state index contributed by atoms with van der Waals surface area (Å²) in [7, 11) is 0. The smallest absolute Gasteiger partial charge is 0.243 e. The molecule has 2 heterocycles. The molecule has 2 aliphatic rings. The third-order valence-corrected chi connectivity index (χ3v) is 7.39. The summed E-state index contributed by atoms with van der Waals surface area (Å²) in [6, 6.07) is 5.07. The van der Waals surface area contributed by atoms with E-state index in [9.17, 15) is 24.0 Å². The standard InChI is InChI=1S/C30H49N9O6/c1-18(2)15-22-21(26(32)41)5-4-14-45-20-9-7-19(8-10-20)16-24(39-27(22)42)29(44)38-23(6-3-11-37-30(33)34)28(43)36-13-12-35-25(40)17-31/h7-10,18,21-24H,3-6,11-17,31H2,1-2H3,(H2,32,41)(H,35,40)(H,36,43)(H,38,44)(H,39,42)(H4,33,34,37)/t21-,22+,23-,24-/m0/s1. The minimum absolute atomic E-state index is 0.0724. The van der Waals surface area contributed by atoms with Crippen molar-refractivity contribution in [3.05, 3.63) is 29.8 Å². The molecule has 2 bridgehead atoms. The molecule has 0 spiro atoms. The van der Waals surface area contributed by atoms with Crippen LogP contribution in [0.25, 0.3) is 0 Å². The van der Waals surface area contributed by atoms with Crippen LogP contribution in [-0.4, -0.2) is 80.4 Å². The van der Waals surface area contributed by atoms with Crippen LogP contribution < -0.4 is 48.5 Å². The van der Waals surface area contributed by atoms with E-state index >= 15 is 0 Å². The number of hydrogen-bond acceptors (Lipinski definition) is 8. The highest BCUT2D eigenvalue weighted by molar-refractivity contribution is 5.94. The summed E-state index contributed by atoms with van der Waals surface area (Å²) >= 11 is 0. The molecule has 250 valence electrons. The Morgan fingerprint density at radius 2 is 1.73 bits per heavy atom. The largest absolute Gasteiger partial charge is 0.494 e. The van der Waals surface area contributed by atoms with Crippen LogP contribution in [0.5, 0.6) is 5.75 Å². The maximum absolute atomic E-state index is 13.8. The van der Waals surface area contributed by atoms with Crippen molar-refractivity contribution in [3.8, 4) is 5.75 Å². The Labute approximate surface area is 264 Å². The lowest BCUT2D eigenvalue weighted by Gasteiger charge is -2.29. The number of carbonyl (C=O) groups is 5. The number of fused-ring (bicyclic) bond motifs is 11. The van der Waals surface area contributed by atoms with Crippen LogP contribution in [0.2, 0.25) is 0 Å². The minimum Gasteiger partial charge on any atom is -0.494 e. The lowest BCUT2D eigenvalue weighted by Crippen LogP contribution is -2.56. The van der Waals surface area contributed by atoms with Crippen LogP contribution in [0.4, 0.5) is 0 Å². The summed E-state index contributed by atoms with van der Waals surface area (Å²) in [5.74, 6) is -3.55. The Kier molecular flexibility index (Phi) is 15.6. The topological polar surface area (TPSA) is 257 Å². The van der Waals surface area contributed by atoms with Crippen LogP contribution in [-0.2, 0) is 30.4 Å². The molecule has 5 amide bonds. The first-order valence-electron chi connectivity index (χ1n) is 15.3. The van der Waals surface area contributed by atoms with Gasteiger partial charge in [-0.15, -0.1) is 0 Å². The van der Waals surface area contributed by atoms with Crippen molar-refractivity contribution in [1.29, 1.82) is 5.41 Å². The molecule has 12 N–H and O–H groups in total. The maximum atomic E-state index is 13.8. The Morgan fingerprint density at radius 1 is 1.04 bits per heavy atom. The van der Waals surface area contributed by atoms with Crippen molar-refractivity contribution >= 4 is 35.5 Å². The van der Waals surface area contributed by atoms with Crippen LogP contribution >= 0.6 is 0 Å². The van der Waals surface area contributed by atoms with Gasteiger partial charge in [0.05, 0.1) is 13.2 Å². The van der Waals surface area contributed by atoms with E-state index in [1.165, 1.54) is 0 Å². The molecule has 0 saturated carbocycles. The van der Waals surface area contributed by atoms with Gasteiger partial charge in [0, 0.05) is 37.9 Å². The molecule has 1 aromatic carbocycles. The highest BCUT2D eigenvalue weighted by atomic mass is 16.5. The van der Waals surface area contributed by atoms with Crippen molar-refractivity contribution in [2.24, 2.45) is 35.0 Å². The highest BCUT2D eigenvalue weighted by Gasteiger charge is 2.35. The van der Waals surface area contributed by atoms with Crippen molar-refractivity contribution in [3.63, 3.8) is 0 Å². The van der Waals surface area contributed by atoms with E-state index in [0.29, 0.717) is 44.6 Å². The normalized spacial score (nSPS) is 19.3. The van der Waals surface area contributed by atoms with Gasteiger partial charge < -0.3 is 48.5 Å². The summed E-state index contributed by atoms with van der Waals surface area (Å²) < 4.78 is 5.82. The van der Waals surface area contributed by atoms with Crippen LogP contribution in [0, 0.1) is 23.2 Å². The van der Waals surface area contributed by atoms with Crippen LogP contribution in [0.3, 0.4) is 0 Å². The van der Waals surface area contributed by atoms with Gasteiger partial charge in [-0.25, -0.2) is 0 Å². The summed E-state index contributed by atoms with van der Waals surface area (Å²) in [5, 5.41) is 20.9. The summed E-state index contributed by atoms with van der Waals surface area (Å²) in [6.07, 6.45) is 1.93. The van der Waals surface area contributed by atoms with E-state index in [4.69, 9.17) is 27.3 Å². The van der Waals surface area contributed by atoms with Gasteiger partial charge in [0.1, 0.15) is 17.8 Å². The number of hydrogen-bond donors (Lipinski definition) is 9. The molecule has 0 aromatic heterocycles. The number of primary amides is 1. The van der Waals surface area contributed by atoms with E-state index < -0.39 is 47.5 Å². The molecule has 1 aromatic rings. The number of carbonyl (C=O) groups excluding carboxylic acids is 5. The molecule has 45 heavy (non-hydrogen) atoms. The average molecular weight is 632 g/mol. The molecule has 15 heteroatoms. The van der Waals surface area contributed by atoms with E-state index in [0.717, 1.165) is 5.56 Å². The van der Waals surface area contributed by atoms with Gasteiger partial charge in [0.2, 0.25) is 29.5 Å². The Hall–Kier alpha value is -4.40. The first kappa shape index (κ1) is 36.8. The van der Waals surface area contributed by atoms with E-state index in [1.807, 2.05) is 13.8 Å². The van der Waals surface area contributed by atoms with Crippen LogP contribution in [0.15, 0.2) is 24.3 Å². The van der Waals surface area contributed by atoms with Gasteiger partial charge in [-0.2, -0.15) is 0 Å². The second-order valence-corrected chi connectivity index (χ2v) is 11.5. The number of nitrogens with one attached hydrogen (secondary N) is 6. The molecule has 0 aliphatic carbocycles. The van der Waals surface area contributed by atoms with Crippen molar-refractivity contribution in [2.75, 3.05) is 32.8 Å². The zero-order valence-corrected chi connectivity index (χ0v) is 26.2. The fourth-order valence-electron chi connectivity index (χ4n) is 5.10. The molecule has 0 radical (unpaired) electrons. The number of amides is 5. The fourth-order valence-corrected chi connectivity index (χ4v) is 5.10. The Morgan fingerprint density at radius 3 is 2.36 bits per heavy atom. The van der Waals surface area contributed by atoms with Gasteiger partial charge in [0.15, 0.2) is 5.96 Å². The molecule has 0 saturated heterocycles. The molecule has 0 unspecified atom stereocenters. The zero-order valence-electron chi connectivity index (χ0n) is 26.2. The van der Waals surface area contributed by atoms with Gasteiger partial charge in [-0.1, -0.05) is 26.0 Å². The van der Waals surface area contributed by atoms with Crippen molar-refractivity contribution in [1.82, 2.24) is 26.6 Å². The third kappa shape index (κ3) is 13.4. The number of ether oxygens (including phenoxy) is 1. The third-order valence-electron chi connectivity index (χ3n) is 7.39. The Bertz CT molecular complexity index is 1160. The van der Waals surface area contributed by atoms with E-state index in [1.54, 1.807) is 24.3 Å². The van der Waals surface area contributed by atoms with Gasteiger partial charge in [-0.05, 0) is 55.7 Å².